The Hall–Kier alpha value is -3.01. The number of fused-ring (bicyclic) bond motifs is 3. The normalized spacial score (nSPS) is 32.1. The lowest BCUT2D eigenvalue weighted by Gasteiger charge is -2.58. The first-order chi connectivity index (χ1) is 14.5. The lowest BCUT2D eigenvalue weighted by molar-refractivity contribution is -0.148. The Balaban J connectivity index is 1.51. The van der Waals surface area contributed by atoms with Crippen LogP contribution in [0.25, 0.3) is 22.1 Å². The molecule has 30 heavy (non-hydrogen) atoms. The number of hydrogen-bond donors (Lipinski definition) is 4. The third-order valence-electron chi connectivity index (χ3n) is 7.27. The summed E-state index contributed by atoms with van der Waals surface area (Å²) in [6, 6.07) is 2.06. The maximum Gasteiger partial charge on any atom is 0.314 e. The summed E-state index contributed by atoms with van der Waals surface area (Å²) in [5, 5.41) is 28.6. The number of aromatic amines is 1. The molecule has 0 unspecified atom stereocenters. The highest BCUT2D eigenvalue weighted by Crippen LogP contribution is 2.60. The second kappa shape index (κ2) is 6.00. The van der Waals surface area contributed by atoms with Gasteiger partial charge in [-0.25, -0.2) is 4.98 Å². The lowest BCUT2D eigenvalue weighted by Crippen LogP contribution is -2.55. The van der Waals surface area contributed by atoms with Crippen molar-refractivity contribution < 1.29 is 14.7 Å². The molecule has 4 aliphatic rings. The van der Waals surface area contributed by atoms with Gasteiger partial charge in [-0.05, 0) is 55.9 Å². The molecule has 156 valence electrons. The highest BCUT2D eigenvalue weighted by atomic mass is 16.3. The topological polar surface area (TPSA) is 138 Å². The monoisotopic (exact) mass is 409 g/mol. The number of H-pyrrole nitrogens is 1. The SMILES string of the molecule is CNC(=O)C(=O)Nc1[nH]n(C2[C@H]3CC4C[C@H]2CC(O)(C4)C3)c2c1nnc1nccc12. The minimum absolute atomic E-state index is 0.164. The van der Waals surface area contributed by atoms with E-state index < -0.39 is 17.4 Å². The summed E-state index contributed by atoms with van der Waals surface area (Å²) >= 11 is 0. The van der Waals surface area contributed by atoms with Crippen molar-refractivity contribution in [2.24, 2.45) is 17.8 Å². The number of likely N-dealkylation sites (N-methyl/N-ethyl adjacent to an activating group) is 1. The zero-order chi connectivity index (χ0) is 20.6. The standard InChI is InChI=1S/C20H23N7O3/c1-21-18(28)19(29)23-17-13-15(12-2-3-22-16(12)25-24-13)27(26-17)14-10-4-9-5-11(14)8-20(30,6-9)7-10/h2-3,9-11,14,26,30H,4-8H2,1H3,(H,21,28)(H,23,29)/t9?,10-,11-,14?,20?/m0/s1. The van der Waals surface area contributed by atoms with Crippen LogP contribution in [0.1, 0.15) is 38.1 Å². The number of aromatic nitrogens is 5. The predicted molar refractivity (Wildman–Crippen MR) is 107 cm³/mol. The highest BCUT2D eigenvalue weighted by molar-refractivity contribution is 6.40. The van der Waals surface area contributed by atoms with Crippen LogP contribution in [0.3, 0.4) is 0 Å². The van der Waals surface area contributed by atoms with Crippen LogP contribution >= 0.6 is 0 Å². The number of nitrogens with zero attached hydrogens (tertiary/aromatic N) is 4. The van der Waals surface area contributed by atoms with Crippen LogP contribution in [0.4, 0.5) is 5.82 Å². The second-order valence-electron chi connectivity index (χ2n) is 9.15. The molecular formula is C20H23N7O3. The summed E-state index contributed by atoms with van der Waals surface area (Å²) in [5.74, 6) is 0.128. The van der Waals surface area contributed by atoms with Gasteiger partial charge in [0.2, 0.25) is 0 Å². The molecular weight excluding hydrogens is 386 g/mol. The van der Waals surface area contributed by atoms with Crippen LogP contribution in [0.2, 0.25) is 0 Å². The van der Waals surface area contributed by atoms with Crippen molar-refractivity contribution in [3.63, 3.8) is 0 Å². The van der Waals surface area contributed by atoms with Crippen LogP contribution in [-0.2, 0) is 9.59 Å². The molecule has 4 aliphatic carbocycles. The third kappa shape index (κ3) is 2.43. The Morgan fingerprint density at radius 1 is 1.20 bits per heavy atom. The van der Waals surface area contributed by atoms with E-state index in [0.717, 1.165) is 43.0 Å². The van der Waals surface area contributed by atoms with Crippen molar-refractivity contribution in [1.82, 2.24) is 30.3 Å². The molecule has 4 bridgehead atoms. The Morgan fingerprint density at radius 2 is 1.97 bits per heavy atom. The number of carbonyl (C=O) groups excluding carboxylic acids is 2. The lowest BCUT2D eigenvalue weighted by atomic mass is 9.52. The number of rotatable bonds is 2. The predicted octanol–water partition coefficient (Wildman–Crippen LogP) is 1.10. The first-order valence-corrected chi connectivity index (χ1v) is 10.4. The molecule has 3 heterocycles. The smallest absolute Gasteiger partial charge is 0.314 e. The van der Waals surface area contributed by atoms with Gasteiger partial charge in [0.25, 0.3) is 0 Å². The van der Waals surface area contributed by atoms with Crippen molar-refractivity contribution in [2.45, 2.75) is 43.7 Å². The molecule has 2 atom stereocenters. The van der Waals surface area contributed by atoms with Gasteiger partial charge in [-0.3, -0.25) is 19.4 Å². The van der Waals surface area contributed by atoms with Crippen LogP contribution in [-0.4, -0.2) is 54.5 Å². The first kappa shape index (κ1) is 17.8. The van der Waals surface area contributed by atoms with Crippen LogP contribution in [0, 0.1) is 17.8 Å². The van der Waals surface area contributed by atoms with Crippen LogP contribution in [0.15, 0.2) is 12.3 Å². The summed E-state index contributed by atoms with van der Waals surface area (Å²) in [5.41, 5.74) is 1.33. The van der Waals surface area contributed by atoms with Crippen molar-refractivity contribution in [2.75, 3.05) is 12.4 Å². The number of hydrogen-bond acceptors (Lipinski definition) is 6. The van der Waals surface area contributed by atoms with E-state index in [1.54, 1.807) is 6.20 Å². The third-order valence-corrected chi connectivity index (χ3v) is 7.27. The Labute approximate surface area is 171 Å². The minimum atomic E-state index is -0.769. The summed E-state index contributed by atoms with van der Waals surface area (Å²) in [6.07, 6.45) is 6.38. The zero-order valence-corrected chi connectivity index (χ0v) is 16.6. The molecule has 3 aromatic heterocycles. The van der Waals surface area contributed by atoms with Gasteiger partial charge >= 0.3 is 11.8 Å². The van der Waals surface area contributed by atoms with Crippen LogP contribution in [0.5, 0.6) is 0 Å². The fourth-order valence-electron chi connectivity index (χ4n) is 6.48. The van der Waals surface area contributed by atoms with E-state index in [0.29, 0.717) is 34.7 Å². The molecule has 7 rings (SSSR count). The molecule has 0 saturated heterocycles. The summed E-state index contributed by atoms with van der Waals surface area (Å²) < 4.78 is 2.09. The molecule has 3 aromatic rings. The summed E-state index contributed by atoms with van der Waals surface area (Å²) in [6.45, 7) is 0. The van der Waals surface area contributed by atoms with Gasteiger partial charge < -0.3 is 15.7 Å². The van der Waals surface area contributed by atoms with E-state index in [4.69, 9.17) is 0 Å². The van der Waals surface area contributed by atoms with Gasteiger partial charge in [0.05, 0.1) is 17.0 Å². The van der Waals surface area contributed by atoms with Gasteiger partial charge in [-0.1, -0.05) is 0 Å². The molecule has 4 fully saturated rings. The van der Waals surface area contributed by atoms with Gasteiger partial charge in [0.1, 0.15) is 5.52 Å². The molecule has 2 amide bonds. The maximum absolute atomic E-state index is 12.2. The second-order valence-corrected chi connectivity index (χ2v) is 9.15. The van der Waals surface area contributed by atoms with Crippen molar-refractivity contribution in [3.05, 3.63) is 12.3 Å². The van der Waals surface area contributed by atoms with E-state index in [1.165, 1.54) is 7.05 Å². The van der Waals surface area contributed by atoms with E-state index >= 15 is 0 Å². The molecule has 4 N–H and O–H groups in total. The maximum atomic E-state index is 12.2. The van der Waals surface area contributed by atoms with E-state index in [9.17, 15) is 14.7 Å². The summed E-state index contributed by atoms with van der Waals surface area (Å²) in [7, 11) is 1.41. The van der Waals surface area contributed by atoms with Crippen molar-refractivity contribution >= 4 is 39.7 Å². The average Bonchev–Trinajstić information content (AvgIpc) is 3.30. The van der Waals surface area contributed by atoms with Gasteiger partial charge in [0.15, 0.2) is 17.0 Å². The minimum Gasteiger partial charge on any atom is -0.390 e. The zero-order valence-electron chi connectivity index (χ0n) is 16.6. The Morgan fingerprint density at radius 3 is 2.67 bits per heavy atom. The molecule has 0 aliphatic heterocycles. The number of aliphatic hydroxyl groups is 1. The number of anilines is 1. The molecule has 4 saturated carbocycles. The number of amides is 2. The Bertz CT molecular complexity index is 1180. The summed E-state index contributed by atoms with van der Waals surface area (Å²) in [4.78, 5) is 28.3. The average molecular weight is 409 g/mol. The van der Waals surface area contributed by atoms with E-state index in [2.05, 4.69) is 35.6 Å². The van der Waals surface area contributed by atoms with E-state index in [-0.39, 0.29) is 6.04 Å². The molecule has 10 nitrogen and oxygen atoms in total. The van der Waals surface area contributed by atoms with Gasteiger partial charge in [0, 0.05) is 13.2 Å². The molecule has 0 aromatic carbocycles. The Kier molecular flexibility index (Phi) is 3.57. The fraction of sp³-hybridized carbons (Fsp3) is 0.550. The highest BCUT2D eigenvalue weighted by Gasteiger charge is 2.55. The van der Waals surface area contributed by atoms with Crippen LogP contribution < -0.4 is 10.6 Å². The quantitative estimate of drug-likeness (QED) is 0.468. The molecule has 0 radical (unpaired) electrons. The molecule has 10 heteroatoms. The first-order valence-electron chi connectivity index (χ1n) is 10.4. The van der Waals surface area contributed by atoms with Crippen molar-refractivity contribution in [3.8, 4) is 0 Å². The molecule has 0 spiro atoms. The van der Waals surface area contributed by atoms with Gasteiger partial charge in [-0.2, -0.15) is 0 Å². The number of carbonyl (C=O) groups is 2. The van der Waals surface area contributed by atoms with Crippen molar-refractivity contribution in [1.29, 1.82) is 0 Å². The largest absolute Gasteiger partial charge is 0.390 e. The fourth-order valence-corrected chi connectivity index (χ4v) is 6.48. The number of nitrogens with one attached hydrogen (secondary N) is 3. The van der Waals surface area contributed by atoms with E-state index in [1.807, 2.05) is 6.07 Å². The van der Waals surface area contributed by atoms with Gasteiger partial charge in [-0.15, -0.1) is 10.2 Å².